The molecule has 0 aliphatic carbocycles. The molecule has 0 unspecified atom stereocenters. The number of nitrogens with zero attached hydrogens (tertiary/aromatic N) is 3. The summed E-state index contributed by atoms with van der Waals surface area (Å²) >= 11 is 2.87. The minimum atomic E-state index is -4.87. The molecule has 0 bridgehead atoms. The summed E-state index contributed by atoms with van der Waals surface area (Å²) in [7, 11) is 0.929. The van der Waals surface area contributed by atoms with Crippen LogP contribution < -0.4 is 19.7 Å². The maximum absolute atomic E-state index is 13.3. The molecule has 0 fully saturated rings. The third-order valence-electron chi connectivity index (χ3n) is 3.60. The van der Waals surface area contributed by atoms with Crippen LogP contribution in [0.15, 0.2) is 28.7 Å². The molecule has 34 heavy (non-hydrogen) atoms. The Hall–Kier alpha value is -2.98. The van der Waals surface area contributed by atoms with E-state index in [4.69, 9.17) is 0 Å². The molecule has 0 radical (unpaired) electrons. The van der Waals surface area contributed by atoms with E-state index in [1.165, 1.54) is 6.07 Å². The van der Waals surface area contributed by atoms with Crippen LogP contribution in [0.3, 0.4) is 0 Å². The van der Waals surface area contributed by atoms with Crippen LogP contribution in [0.4, 0.5) is 55.9 Å². The second-order valence-corrected chi connectivity index (χ2v) is 7.24. The summed E-state index contributed by atoms with van der Waals surface area (Å²) < 4.78 is 123. The molecule has 0 saturated heterocycles. The zero-order valence-electron chi connectivity index (χ0n) is 16.6. The maximum Gasteiger partial charge on any atom is 0.422 e. The highest BCUT2D eigenvalue weighted by Gasteiger charge is 2.36. The molecular formula is C17H12BrF9N4O3. The number of hydrogen-bond acceptors (Lipinski definition) is 5. The molecule has 7 nitrogen and oxygen atoms in total. The van der Waals surface area contributed by atoms with E-state index in [-0.39, 0.29) is 4.47 Å². The lowest BCUT2D eigenvalue weighted by Crippen LogP contribution is -2.33. The van der Waals surface area contributed by atoms with Crippen LogP contribution in [0.1, 0.15) is 5.56 Å². The highest BCUT2D eigenvalue weighted by molar-refractivity contribution is 9.10. The lowest BCUT2D eigenvalue weighted by Gasteiger charge is -2.22. The number of urea groups is 1. The average molecular weight is 571 g/mol. The van der Waals surface area contributed by atoms with Crippen LogP contribution in [-0.2, 0) is 6.18 Å². The summed E-state index contributed by atoms with van der Waals surface area (Å²) in [6, 6.07) is 2.06. The average Bonchev–Trinajstić information content (AvgIpc) is 2.68. The first-order chi connectivity index (χ1) is 15.4. The van der Waals surface area contributed by atoms with Gasteiger partial charge in [-0.05, 0) is 18.2 Å². The maximum atomic E-state index is 13.3. The minimum absolute atomic E-state index is 0.0571. The van der Waals surface area contributed by atoms with Gasteiger partial charge in [-0.15, -0.1) is 0 Å². The molecule has 188 valence electrons. The van der Waals surface area contributed by atoms with E-state index in [2.05, 4.69) is 35.4 Å². The van der Waals surface area contributed by atoms with Gasteiger partial charge in [-0.1, -0.05) is 15.9 Å². The van der Waals surface area contributed by atoms with E-state index < -0.39 is 66.7 Å². The molecule has 17 heteroatoms. The quantitative estimate of drug-likeness (QED) is 0.444. The van der Waals surface area contributed by atoms with Gasteiger partial charge in [0.05, 0.1) is 17.3 Å². The molecule has 2 rings (SSSR count). The van der Waals surface area contributed by atoms with Crippen molar-refractivity contribution in [2.24, 2.45) is 0 Å². The number of carbonyl (C=O) groups is 1. The molecule has 0 aliphatic rings. The van der Waals surface area contributed by atoms with Crippen LogP contribution >= 0.6 is 15.9 Å². The number of carbonyl (C=O) groups excluding carboxylic acids is 1. The van der Waals surface area contributed by atoms with Crippen LogP contribution in [0.25, 0.3) is 0 Å². The zero-order valence-corrected chi connectivity index (χ0v) is 18.2. The van der Waals surface area contributed by atoms with Crippen molar-refractivity contribution in [3.05, 3.63) is 34.3 Å². The number of nitrogens with one attached hydrogen (secondary N) is 1. The van der Waals surface area contributed by atoms with Gasteiger partial charge in [0.2, 0.25) is 17.7 Å². The Balaban J connectivity index is 2.32. The van der Waals surface area contributed by atoms with Crippen LogP contribution in [0.2, 0.25) is 0 Å². The Morgan fingerprint density at radius 3 is 1.88 bits per heavy atom. The van der Waals surface area contributed by atoms with Crippen molar-refractivity contribution in [3.8, 4) is 11.8 Å². The second kappa shape index (κ2) is 10.1. The molecule has 0 spiro atoms. The van der Waals surface area contributed by atoms with Gasteiger partial charge in [0.25, 0.3) is 0 Å². The number of benzene rings is 1. The van der Waals surface area contributed by atoms with E-state index in [0.717, 1.165) is 13.1 Å². The Morgan fingerprint density at radius 1 is 0.941 bits per heavy atom. The Kier molecular flexibility index (Phi) is 8.10. The van der Waals surface area contributed by atoms with E-state index >= 15 is 0 Å². The van der Waals surface area contributed by atoms with E-state index in [0.29, 0.717) is 17.0 Å². The van der Waals surface area contributed by atoms with Crippen molar-refractivity contribution in [2.75, 3.05) is 30.5 Å². The van der Waals surface area contributed by atoms with Crippen LogP contribution in [-0.4, -0.2) is 48.6 Å². The molecule has 0 aliphatic heterocycles. The number of alkyl halides is 9. The zero-order chi connectivity index (χ0) is 25.9. The predicted molar refractivity (Wildman–Crippen MR) is 102 cm³/mol. The van der Waals surface area contributed by atoms with Gasteiger partial charge in [0, 0.05) is 11.5 Å². The fourth-order valence-corrected chi connectivity index (χ4v) is 2.60. The summed E-state index contributed by atoms with van der Waals surface area (Å²) in [6.07, 6.45) is -14.5. The Morgan fingerprint density at radius 2 is 1.44 bits per heavy atom. The topological polar surface area (TPSA) is 76.6 Å². The third kappa shape index (κ3) is 8.42. The lowest BCUT2D eigenvalue weighted by molar-refractivity contribution is -0.154. The smallest absolute Gasteiger partial charge is 0.422 e. The van der Waals surface area contributed by atoms with Crippen molar-refractivity contribution < 1.29 is 53.8 Å². The molecule has 2 aromatic rings. The van der Waals surface area contributed by atoms with Crippen molar-refractivity contribution in [3.63, 3.8) is 0 Å². The second-order valence-electron chi connectivity index (χ2n) is 6.32. The molecule has 0 saturated carbocycles. The molecule has 2 amide bonds. The Bertz CT molecular complexity index is 993. The first-order valence-corrected chi connectivity index (χ1v) is 9.43. The number of ether oxygens (including phenoxy) is 2. The number of rotatable bonds is 6. The van der Waals surface area contributed by atoms with Crippen LogP contribution in [0, 0.1) is 0 Å². The number of amides is 2. The predicted octanol–water partition coefficient (Wildman–Crippen LogP) is 5.81. The van der Waals surface area contributed by atoms with Gasteiger partial charge in [-0.3, -0.25) is 10.2 Å². The molecular weight excluding hydrogens is 559 g/mol. The number of aromatic nitrogens is 2. The molecule has 1 heterocycles. The highest BCUT2D eigenvalue weighted by Crippen LogP contribution is 2.38. The summed E-state index contributed by atoms with van der Waals surface area (Å²) in [5.74, 6) is -2.72. The summed E-state index contributed by atoms with van der Waals surface area (Å²) in [5, 5.41) is 1.87. The van der Waals surface area contributed by atoms with Gasteiger partial charge in [0.15, 0.2) is 13.2 Å². The lowest BCUT2D eigenvalue weighted by atomic mass is 10.1. The largest absolute Gasteiger partial charge is 0.468 e. The first-order valence-electron chi connectivity index (χ1n) is 8.64. The first kappa shape index (κ1) is 27.3. The van der Waals surface area contributed by atoms with Crippen LogP contribution in [0.5, 0.6) is 11.8 Å². The summed E-state index contributed by atoms with van der Waals surface area (Å²) in [5.41, 5.74) is -1.83. The van der Waals surface area contributed by atoms with Gasteiger partial charge >= 0.3 is 24.6 Å². The van der Waals surface area contributed by atoms with Gasteiger partial charge in [-0.25, -0.2) is 4.79 Å². The molecule has 1 aromatic carbocycles. The highest BCUT2D eigenvalue weighted by atomic mass is 79.9. The molecule has 1 aromatic heterocycles. The number of halogens is 10. The van der Waals surface area contributed by atoms with Crippen molar-refractivity contribution >= 4 is 33.6 Å². The van der Waals surface area contributed by atoms with Gasteiger partial charge < -0.3 is 9.47 Å². The standard InChI is InChI=1S/C17H12BrF9N4O3/c1-31(10-3-2-8(18)4-9(10)17(25,26)27)14(32)30-13-28-11(33-6-15(19,20)21)5-12(29-13)34-7-16(22,23)24/h2-5H,6-7H2,1H3,(H,28,29,30,32). The Labute approximate surface area is 193 Å². The summed E-state index contributed by atoms with van der Waals surface area (Å²) in [6.45, 7) is -3.77. The van der Waals surface area contributed by atoms with E-state index in [1.807, 2.05) is 5.32 Å². The summed E-state index contributed by atoms with van der Waals surface area (Å²) in [4.78, 5) is 19.7. The van der Waals surface area contributed by atoms with Crippen molar-refractivity contribution in [2.45, 2.75) is 18.5 Å². The van der Waals surface area contributed by atoms with Crippen molar-refractivity contribution in [1.82, 2.24) is 9.97 Å². The minimum Gasteiger partial charge on any atom is -0.468 e. The molecule has 1 N–H and O–H groups in total. The number of hydrogen-bond donors (Lipinski definition) is 1. The van der Waals surface area contributed by atoms with Gasteiger partial charge in [-0.2, -0.15) is 49.5 Å². The monoisotopic (exact) mass is 570 g/mol. The fraction of sp³-hybridized carbons (Fsp3) is 0.353. The fourth-order valence-electron chi connectivity index (χ4n) is 2.24. The molecule has 0 atom stereocenters. The van der Waals surface area contributed by atoms with E-state index in [1.54, 1.807) is 0 Å². The number of anilines is 2. The van der Waals surface area contributed by atoms with Gasteiger partial charge in [0.1, 0.15) is 0 Å². The van der Waals surface area contributed by atoms with E-state index in [9.17, 15) is 44.3 Å². The normalized spacial score (nSPS) is 12.3. The third-order valence-corrected chi connectivity index (χ3v) is 4.09. The van der Waals surface area contributed by atoms with Crippen molar-refractivity contribution in [1.29, 1.82) is 0 Å². The SMILES string of the molecule is CN(C(=O)Nc1nc(OCC(F)(F)F)cc(OCC(F)(F)F)n1)c1ccc(Br)cc1C(F)(F)F.